The van der Waals surface area contributed by atoms with Crippen molar-refractivity contribution in [1.29, 1.82) is 0 Å². The van der Waals surface area contributed by atoms with Crippen LogP contribution in [0.1, 0.15) is 17.3 Å². The second-order valence-electron chi connectivity index (χ2n) is 10.2. The molecule has 9 nitrogen and oxygen atoms in total. The standard InChI is InChI=1S/C28H33N3O6SSi/c1-6-38(33,34)22-12-10-20(11-13-22)37-21-17-23(28(32)35-2)26-25(18-21)31(19-36-15-16-39(3,4)5)27(30-26)24-9-7-8-14-29-24/h7-14,17-18H,6,15-16,19H2,1-5H3. The molecule has 11 heteroatoms. The fourth-order valence-electron chi connectivity index (χ4n) is 3.89. The van der Waals surface area contributed by atoms with Crippen LogP contribution < -0.4 is 4.74 Å². The molecular formula is C28H33N3O6SSi. The number of aromatic nitrogens is 3. The van der Waals surface area contributed by atoms with Crippen LogP contribution in [-0.2, 0) is 26.0 Å². The third kappa shape index (κ3) is 6.73. The Morgan fingerprint density at radius 1 is 1.03 bits per heavy atom. The van der Waals surface area contributed by atoms with Crippen molar-refractivity contribution in [2.24, 2.45) is 0 Å². The quantitative estimate of drug-likeness (QED) is 0.127. The molecule has 0 spiro atoms. The van der Waals surface area contributed by atoms with E-state index in [0.717, 1.165) is 6.04 Å². The van der Waals surface area contributed by atoms with Gasteiger partial charge in [-0.05, 0) is 48.5 Å². The minimum absolute atomic E-state index is 0.00889. The number of nitrogens with zero attached hydrogens (tertiary/aromatic N) is 3. The predicted octanol–water partition coefficient (Wildman–Crippen LogP) is 5.78. The summed E-state index contributed by atoms with van der Waals surface area (Å²) in [5, 5.41) is 0. The summed E-state index contributed by atoms with van der Waals surface area (Å²) in [6.45, 7) is 9.28. The van der Waals surface area contributed by atoms with Crippen molar-refractivity contribution in [3.05, 3.63) is 66.4 Å². The number of methoxy groups -OCH3 is 1. The van der Waals surface area contributed by atoms with Gasteiger partial charge in [-0.25, -0.2) is 18.2 Å². The second-order valence-corrected chi connectivity index (χ2v) is 18.1. The molecule has 4 rings (SSSR count). The van der Waals surface area contributed by atoms with E-state index in [2.05, 4.69) is 24.6 Å². The number of hydrogen-bond donors (Lipinski definition) is 0. The Labute approximate surface area is 229 Å². The summed E-state index contributed by atoms with van der Waals surface area (Å²) in [4.78, 5) is 22.3. The van der Waals surface area contributed by atoms with E-state index in [9.17, 15) is 13.2 Å². The topological polar surface area (TPSA) is 110 Å². The summed E-state index contributed by atoms with van der Waals surface area (Å²) >= 11 is 0. The van der Waals surface area contributed by atoms with Gasteiger partial charge in [0.25, 0.3) is 0 Å². The number of imidazole rings is 1. The fraction of sp³-hybridized carbons (Fsp3) is 0.321. The zero-order valence-electron chi connectivity index (χ0n) is 22.8. The van der Waals surface area contributed by atoms with Gasteiger partial charge in [-0.3, -0.25) is 9.55 Å². The average Bonchev–Trinajstić information content (AvgIpc) is 3.28. The highest BCUT2D eigenvalue weighted by atomic mass is 32.2. The average molecular weight is 568 g/mol. The van der Waals surface area contributed by atoms with E-state index in [1.54, 1.807) is 37.4 Å². The van der Waals surface area contributed by atoms with Crippen LogP contribution in [0, 0.1) is 0 Å². The van der Waals surface area contributed by atoms with Gasteiger partial charge in [0.1, 0.15) is 29.4 Å². The van der Waals surface area contributed by atoms with Crippen LogP contribution in [0.15, 0.2) is 65.7 Å². The molecule has 0 aliphatic carbocycles. The van der Waals surface area contributed by atoms with E-state index in [-0.39, 0.29) is 22.9 Å². The lowest BCUT2D eigenvalue weighted by molar-refractivity contribution is 0.0602. The first-order valence-corrected chi connectivity index (χ1v) is 18.0. The minimum atomic E-state index is -3.33. The Balaban J connectivity index is 1.79. The third-order valence-electron chi connectivity index (χ3n) is 6.14. The molecule has 0 N–H and O–H groups in total. The van der Waals surface area contributed by atoms with Crippen LogP contribution in [0.2, 0.25) is 25.7 Å². The molecule has 0 fully saturated rings. The molecule has 0 saturated heterocycles. The molecule has 0 bridgehead atoms. The summed E-state index contributed by atoms with van der Waals surface area (Å²) in [6, 6.07) is 16.1. The van der Waals surface area contributed by atoms with Crippen molar-refractivity contribution in [3.63, 3.8) is 0 Å². The van der Waals surface area contributed by atoms with Crippen molar-refractivity contribution >= 4 is 34.9 Å². The van der Waals surface area contributed by atoms with Gasteiger partial charge in [0.15, 0.2) is 15.7 Å². The maximum atomic E-state index is 12.8. The van der Waals surface area contributed by atoms with E-state index >= 15 is 0 Å². The summed E-state index contributed by atoms with van der Waals surface area (Å²) in [5.41, 5.74) is 1.92. The lowest BCUT2D eigenvalue weighted by atomic mass is 10.1. The highest BCUT2D eigenvalue weighted by Gasteiger charge is 2.22. The van der Waals surface area contributed by atoms with Gasteiger partial charge in [-0.2, -0.15) is 0 Å². The Kier molecular flexibility index (Phi) is 8.53. The number of sulfone groups is 1. The Morgan fingerprint density at radius 2 is 1.77 bits per heavy atom. The number of ether oxygens (including phenoxy) is 3. The Bertz CT molecular complexity index is 1560. The van der Waals surface area contributed by atoms with Gasteiger partial charge in [0.05, 0.1) is 28.8 Å². The molecule has 2 aromatic heterocycles. The maximum absolute atomic E-state index is 12.8. The number of fused-ring (bicyclic) bond motifs is 1. The number of hydrogen-bond acceptors (Lipinski definition) is 8. The van der Waals surface area contributed by atoms with Crippen LogP contribution >= 0.6 is 0 Å². The van der Waals surface area contributed by atoms with Crippen molar-refractivity contribution in [1.82, 2.24) is 14.5 Å². The van der Waals surface area contributed by atoms with E-state index in [1.807, 2.05) is 22.8 Å². The van der Waals surface area contributed by atoms with E-state index in [1.165, 1.54) is 19.2 Å². The summed E-state index contributed by atoms with van der Waals surface area (Å²) in [5.74, 6) is 0.781. The Hall–Kier alpha value is -3.54. The first kappa shape index (κ1) is 28.5. The van der Waals surface area contributed by atoms with Gasteiger partial charge in [-0.1, -0.05) is 32.6 Å². The number of pyridine rings is 1. The highest BCUT2D eigenvalue weighted by Crippen LogP contribution is 2.33. The first-order chi connectivity index (χ1) is 18.5. The molecule has 0 unspecified atom stereocenters. The van der Waals surface area contributed by atoms with Crippen LogP contribution in [0.25, 0.3) is 22.6 Å². The smallest absolute Gasteiger partial charge is 0.340 e. The highest BCUT2D eigenvalue weighted by molar-refractivity contribution is 7.91. The zero-order valence-corrected chi connectivity index (χ0v) is 24.6. The molecule has 0 aliphatic rings. The van der Waals surface area contributed by atoms with E-state index < -0.39 is 23.9 Å². The first-order valence-electron chi connectivity index (χ1n) is 12.6. The second kappa shape index (κ2) is 11.7. The van der Waals surface area contributed by atoms with Gasteiger partial charge < -0.3 is 14.2 Å². The molecule has 0 saturated carbocycles. The van der Waals surface area contributed by atoms with Crippen LogP contribution in [0.4, 0.5) is 0 Å². The fourth-order valence-corrected chi connectivity index (χ4v) is 5.54. The van der Waals surface area contributed by atoms with Crippen LogP contribution in [-0.4, -0.2) is 56.5 Å². The molecule has 0 amide bonds. The molecular weight excluding hydrogens is 534 g/mol. The molecule has 39 heavy (non-hydrogen) atoms. The van der Waals surface area contributed by atoms with Crippen molar-refractivity contribution < 1.29 is 27.4 Å². The van der Waals surface area contributed by atoms with Crippen LogP contribution in [0.5, 0.6) is 11.5 Å². The molecule has 0 radical (unpaired) electrons. The molecule has 4 aromatic rings. The van der Waals surface area contributed by atoms with E-state index in [4.69, 9.17) is 19.2 Å². The predicted molar refractivity (Wildman–Crippen MR) is 153 cm³/mol. The number of carbonyl (C=O) groups is 1. The van der Waals surface area contributed by atoms with Gasteiger partial charge in [0, 0.05) is 26.9 Å². The minimum Gasteiger partial charge on any atom is -0.465 e. The van der Waals surface area contributed by atoms with Gasteiger partial charge in [-0.15, -0.1) is 0 Å². The molecule has 0 atom stereocenters. The number of esters is 1. The lowest BCUT2D eigenvalue weighted by Gasteiger charge is -2.16. The third-order valence-corrected chi connectivity index (χ3v) is 9.60. The molecule has 2 aromatic carbocycles. The van der Waals surface area contributed by atoms with Crippen molar-refractivity contribution in [3.8, 4) is 23.0 Å². The maximum Gasteiger partial charge on any atom is 0.340 e. The summed E-state index contributed by atoms with van der Waals surface area (Å²) < 4.78 is 43.4. The number of carbonyl (C=O) groups excluding carboxylic acids is 1. The summed E-state index contributed by atoms with van der Waals surface area (Å²) in [7, 11) is -3.31. The number of benzene rings is 2. The molecule has 0 aliphatic heterocycles. The van der Waals surface area contributed by atoms with Crippen LogP contribution in [0.3, 0.4) is 0 Å². The lowest BCUT2D eigenvalue weighted by Crippen LogP contribution is -2.22. The normalized spacial score (nSPS) is 12.0. The number of rotatable bonds is 11. The van der Waals surface area contributed by atoms with Gasteiger partial charge >= 0.3 is 5.97 Å². The molecule has 2 heterocycles. The SMILES string of the molecule is CCS(=O)(=O)c1ccc(Oc2cc(C(=O)OC)c3nc(-c4ccccn4)n(COCC[Si](C)(C)C)c3c2)cc1. The monoisotopic (exact) mass is 567 g/mol. The molecule has 206 valence electrons. The largest absolute Gasteiger partial charge is 0.465 e. The summed E-state index contributed by atoms with van der Waals surface area (Å²) in [6.07, 6.45) is 1.68. The van der Waals surface area contributed by atoms with Gasteiger partial charge in [0.2, 0.25) is 0 Å². The Morgan fingerprint density at radius 3 is 2.38 bits per heavy atom. The van der Waals surface area contributed by atoms with Crippen molar-refractivity contribution in [2.75, 3.05) is 19.5 Å². The zero-order chi connectivity index (χ0) is 28.2. The van der Waals surface area contributed by atoms with Crippen molar-refractivity contribution in [2.45, 2.75) is 44.2 Å². The van der Waals surface area contributed by atoms with E-state index in [0.29, 0.717) is 40.7 Å².